The highest BCUT2D eigenvalue weighted by molar-refractivity contribution is 7.81. The quantitative estimate of drug-likeness (QED) is 0.486. The summed E-state index contributed by atoms with van der Waals surface area (Å²) in [5, 5.41) is 0. The Morgan fingerprint density at radius 2 is 2.56 bits per heavy atom. The van der Waals surface area contributed by atoms with Gasteiger partial charge in [-0.2, -0.15) is 0 Å². The van der Waals surface area contributed by atoms with Crippen molar-refractivity contribution >= 4 is 18.6 Å². The number of nitrogens with one attached hydrogen (secondary N) is 2. The zero-order chi connectivity index (χ0) is 6.69. The maximum atomic E-state index is 10.4. The first-order chi connectivity index (χ1) is 4.33. The number of anilines is 1. The third-order valence-electron chi connectivity index (χ3n) is 0.795. The van der Waals surface area contributed by atoms with Gasteiger partial charge in [-0.3, -0.25) is 4.98 Å². The van der Waals surface area contributed by atoms with Crippen molar-refractivity contribution in [1.29, 1.82) is 0 Å². The van der Waals surface area contributed by atoms with Gasteiger partial charge in [-0.1, -0.05) is 12.8 Å². The van der Waals surface area contributed by atoms with E-state index in [-0.39, 0.29) is 5.69 Å². The molecule has 0 bridgehead atoms. The number of hydrogen-bond acceptors (Lipinski definition) is 4. The van der Waals surface area contributed by atoms with Crippen LogP contribution in [0.4, 0.5) is 5.82 Å². The van der Waals surface area contributed by atoms with Crippen LogP contribution >= 0.6 is 12.8 Å². The largest absolute Gasteiger partial charge is 0.346 e. The normalized spacial score (nSPS) is 9.00. The Balaban J connectivity index is 3.08. The summed E-state index contributed by atoms with van der Waals surface area (Å²) in [7, 11) is 0. The van der Waals surface area contributed by atoms with Gasteiger partial charge < -0.3 is 4.72 Å². The van der Waals surface area contributed by atoms with E-state index in [1.54, 1.807) is 6.07 Å². The molecule has 2 N–H and O–H groups in total. The number of aromatic nitrogens is 2. The van der Waals surface area contributed by atoms with E-state index < -0.39 is 0 Å². The van der Waals surface area contributed by atoms with Crippen molar-refractivity contribution in [3.63, 3.8) is 0 Å². The van der Waals surface area contributed by atoms with Crippen LogP contribution in [0.15, 0.2) is 17.1 Å². The lowest BCUT2D eigenvalue weighted by molar-refractivity contribution is 1.08. The molecule has 1 aromatic rings. The summed E-state index contributed by atoms with van der Waals surface area (Å²) in [6.45, 7) is 0. The minimum absolute atomic E-state index is 0.381. The van der Waals surface area contributed by atoms with E-state index in [1.807, 2.05) is 0 Å². The summed E-state index contributed by atoms with van der Waals surface area (Å²) in [4.78, 5) is 16.2. The third-order valence-corrected chi connectivity index (χ3v) is 1.04. The van der Waals surface area contributed by atoms with Gasteiger partial charge in [-0.25, -0.2) is 9.78 Å². The second kappa shape index (κ2) is 2.54. The molecule has 0 radical (unpaired) electrons. The number of nitrogens with zero attached hydrogens (tertiary/aromatic N) is 1. The van der Waals surface area contributed by atoms with Crippen LogP contribution in [0, 0.1) is 0 Å². The topological polar surface area (TPSA) is 57.8 Å². The highest BCUT2D eigenvalue weighted by Gasteiger charge is 1.85. The van der Waals surface area contributed by atoms with Crippen molar-refractivity contribution in [3.05, 3.63) is 22.7 Å². The van der Waals surface area contributed by atoms with E-state index in [9.17, 15) is 4.79 Å². The van der Waals surface area contributed by atoms with E-state index in [0.717, 1.165) is 0 Å². The monoisotopic (exact) mass is 143 g/mol. The molecule has 0 aliphatic heterocycles. The van der Waals surface area contributed by atoms with E-state index in [0.29, 0.717) is 5.82 Å². The number of H-pyrrole nitrogens is 1. The predicted octanol–water partition coefficient (Wildman–Crippen LogP) is 0.0266. The highest BCUT2D eigenvalue weighted by atomic mass is 32.1. The van der Waals surface area contributed by atoms with Crippen molar-refractivity contribution in [2.45, 2.75) is 0 Å². The van der Waals surface area contributed by atoms with Crippen LogP contribution in [-0.2, 0) is 0 Å². The molecule has 1 heterocycles. The van der Waals surface area contributed by atoms with Crippen LogP contribution in [0.1, 0.15) is 0 Å². The summed E-state index contributed by atoms with van der Waals surface area (Å²) in [6.07, 6.45) is 1.40. The SMILES string of the molecule is O=c1nccc(NS)[nH]1. The summed E-state index contributed by atoms with van der Waals surface area (Å²) in [5.41, 5.74) is -0.381. The maximum absolute atomic E-state index is 10.4. The molecular weight excluding hydrogens is 138 g/mol. The Hall–Kier alpha value is -0.970. The molecule has 9 heavy (non-hydrogen) atoms. The van der Waals surface area contributed by atoms with Gasteiger partial charge >= 0.3 is 5.69 Å². The second-order valence-electron chi connectivity index (χ2n) is 1.40. The van der Waals surface area contributed by atoms with E-state index in [2.05, 4.69) is 27.5 Å². The van der Waals surface area contributed by atoms with Crippen LogP contribution in [-0.4, -0.2) is 9.97 Å². The standard InChI is InChI=1S/C4H5N3OS/c8-4-5-2-1-3(6-4)7-9/h1-2,9H,(H2,5,6,7,8). The Morgan fingerprint density at radius 3 is 3.00 bits per heavy atom. The molecule has 0 aliphatic carbocycles. The predicted molar refractivity (Wildman–Crippen MR) is 37.5 cm³/mol. The Morgan fingerprint density at radius 1 is 1.78 bits per heavy atom. The molecule has 0 aromatic carbocycles. The van der Waals surface area contributed by atoms with Crippen molar-refractivity contribution in [3.8, 4) is 0 Å². The summed E-state index contributed by atoms with van der Waals surface area (Å²) in [5.74, 6) is 0.540. The van der Waals surface area contributed by atoms with Gasteiger partial charge in [-0.15, -0.1) is 0 Å². The molecule has 0 aliphatic rings. The van der Waals surface area contributed by atoms with Crippen LogP contribution < -0.4 is 10.4 Å². The first-order valence-electron chi connectivity index (χ1n) is 2.28. The minimum atomic E-state index is -0.381. The number of thiol groups is 1. The van der Waals surface area contributed by atoms with Gasteiger partial charge in [0.1, 0.15) is 5.82 Å². The summed E-state index contributed by atoms with van der Waals surface area (Å²) >= 11 is 3.71. The van der Waals surface area contributed by atoms with E-state index in [1.165, 1.54) is 6.20 Å². The molecule has 0 fully saturated rings. The van der Waals surface area contributed by atoms with Crippen LogP contribution in [0.5, 0.6) is 0 Å². The average molecular weight is 143 g/mol. The summed E-state index contributed by atoms with van der Waals surface area (Å²) < 4.78 is 2.47. The number of aromatic amines is 1. The lowest BCUT2D eigenvalue weighted by Crippen LogP contribution is -2.09. The van der Waals surface area contributed by atoms with Gasteiger partial charge in [0, 0.05) is 6.20 Å². The molecular formula is C4H5N3OS. The molecule has 0 saturated carbocycles. The van der Waals surface area contributed by atoms with Crippen molar-refractivity contribution in [1.82, 2.24) is 9.97 Å². The maximum Gasteiger partial charge on any atom is 0.346 e. The molecule has 1 aromatic heterocycles. The lowest BCUT2D eigenvalue weighted by Gasteiger charge is -1.92. The zero-order valence-corrected chi connectivity index (χ0v) is 5.35. The van der Waals surface area contributed by atoms with Crippen LogP contribution in [0.25, 0.3) is 0 Å². The van der Waals surface area contributed by atoms with Crippen molar-refractivity contribution in [2.24, 2.45) is 0 Å². The zero-order valence-electron chi connectivity index (χ0n) is 4.46. The molecule has 0 spiro atoms. The fourth-order valence-corrected chi connectivity index (χ4v) is 0.564. The lowest BCUT2D eigenvalue weighted by atomic mass is 10.6. The molecule has 4 nitrogen and oxygen atoms in total. The van der Waals surface area contributed by atoms with E-state index in [4.69, 9.17) is 0 Å². The van der Waals surface area contributed by atoms with Crippen LogP contribution in [0.3, 0.4) is 0 Å². The number of rotatable bonds is 1. The van der Waals surface area contributed by atoms with E-state index >= 15 is 0 Å². The Kier molecular flexibility index (Phi) is 1.74. The van der Waals surface area contributed by atoms with Crippen molar-refractivity contribution < 1.29 is 0 Å². The molecule has 0 unspecified atom stereocenters. The molecule has 1 rings (SSSR count). The molecule has 5 heteroatoms. The van der Waals surface area contributed by atoms with Gasteiger partial charge in [0.25, 0.3) is 0 Å². The first-order valence-corrected chi connectivity index (χ1v) is 2.73. The first kappa shape index (κ1) is 6.15. The summed E-state index contributed by atoms with van der Waals surface area (Å²) in [6, 6.07) is 1.61. The van der Waals surface area contributed by atoms with Gasteiger partial charge in [0.05, 0.1) is 0 Å². The van der Waals surface area contributed by atoms with Gasteiger partial charge in [0.2, 0.25) is 0 Å². The van der Waals surface area contributed by atoms with Gasteiger partial charge in [0.15, 0.2) is 0 Å². The highest BCUT2D eigenvalue weighted by Crippen LogP contribution is 1.94. The molecule has 48 valence electrons. The molecule has 0 amide bonds. The minimum Gasteiger partial charge on any atom is -0.318 e. The fraction of sp³-hybridized carbons (Fsp3) is 0. The Labute approximate surface area is 56.9 Å². The van der Waals surface area contributed by atoms with Gasteiger partial charge in [-0.05, 0) is 6.07 Å². The molecule has 0 saturated heterocycles. The van der Waals surface area contributed by atoms with Crippen molar-refractivity contribution in [2.75, 3.05) is 4.72 Å². The Bertz CT molecular complexity index is 246. The average Bonchev–Trinajstić information content (AvgIpc) is 1.88. The smallest absolute Gasteiger partial charge is 0.318 e. The van der Waals surface area contributed by atoms with Crippen LogP contribution in [0.2, 0.25) is 0 Å². The fourth-order valence-electron chi connectivity index (χ4n) is 0.434. The molecule has 0 atom stereocenters. The third kappa shape index (κ3) is 1.46. The number of hydrogen-bond donors (Lipinski definition) is 3. The second-order valence-corrected chi connectivity index (χ2v) is 1.62.